The summed E-state index contributed by atoms with van der Waals surface area (Å²) in [6.07, 6.45) is 2.21. The second kappa shape index (κ2) is 9.04. The molecule has 2 unspecified atom stereocenters. The van der Waals surface area contributed by atoms with Crippen molar-refractivity contribution in [2.24, 2.45) is 0 Å². The monoisotopic (exact) mass is 344 g/mol. The number of carbonyl (C=O) groups is 1. The van der Waals surface area contributed by atoms with E-state index < -0.39 is 0 Å². The highest BCUT2D eigenvalue weighted by atomic mass is 16.5. The van der Waals surface area contributed by atoms with Gasteiger partial charge in [0.05, 0.1) is 6.10 Å². The molecule has 4 nitrogen and oxygen atoms in total. The summed E-state index contributed by atoms with van der Waals surface area (Å²) in [5, 5.41) is 0. The van der Waals surface area contributed by atoms with Gasteiger partial charge in [0.2, 0.25) is 0 Å². The zero-order chi connectivity index (χ0) is 18.4. The average Bonchev–Trinajstić information content (AvgIpc) is 2.54. The molecular weight excluding hydrogens is 312 g/mol. The number of amides is 1. The summed E-state index contributed by atoms with van der Waals surface area (Å²) in [6.45, 7) is 14.7. The Labute approximate surface area is 152 Å². The van der Waals surface area contributed by atoms with Crippen molar-refractivity contribution in [2.75, 3.05) is 19.6 Å². The number of piperazine rings is 1. The maximum absolute atomic E-state index is 12.6. The fraction of sp³-hybridized carbons (Fsp3) is 0.571. The minimum atomic E-state index is -0.0716. The van der Waals surface area contributed by atoms with Crippen molar-refractivity contribution in [1.82, 2.24) is 9.80 Å². The molecule has 0 bridgehead atoms. The van der Waals surface area contributed by atoms with E-state index in [2.05, 4.69) is 55.7 Å². The summed E-state index contributed by atoms with van der Waals surface area (Å²) < 4.78 is 5.50. The first-order valence-electron chi connectivity index (χ1n) is 9.33. The summed E-state index contributed by atoms with van der Waals surface area (Å²) in [5.41, 5.74) is 1.39. The minimum absolute atomic E-state index is 0.0265. The van der Waals surface area contributed by atoms with Crippen LogP contribution in [0, 0.1) is 0 Å². The zero-order valence-electron chi connectivity index (χ0n) is 16.1. The summed E-state index contributed by atoms with van der Waals surface area (Å²) >= 11 is 0. The van der Waals surface area contributed by atoms with Crippen LogP contribution in [0.15, 0.2) is 42.7 Å². The van der Waals surface area contributed by atoms with Gasteiger partial charge in [0.1, 0.15) is 0 Å². The molecular formula is C21H32N2O2. The Kier molecular flexibility index (Phi) is 7.06. The van der Waals surface area contributed by atoms with Crippen LogP contribution in [-0.4, -0.2) is 53.5 Å². The number of ether oxygens (including phenoxy) is 1. The van der Waals surface area contributed by atoms with Gasteiger partial charge >= 0.3 is 0 Å². The van der Waals surface area contributed by atoms with Crippen LogP contribution in [0.4, 0.5) is 0 Å². The number of hydrogen-bond acceptors (Lipinski definition) is 3. The third-order valence-electron chi connectivity index (χ3n) is 4.63. The van der Waals surface area contributed by atoms with Crippen molar-refractivity contribution >= 4 is 5.91 Å². The van der Waals surface area contributed by atoms with Crippen LogP contribution in [0.5, 0.6) is 0 Å². The fourth-order valence-corrected chi connectivity index (χ4v) is 3.65. The third kappa shape index (κ3) is 5.60. The maximum atomic E-state index is 12.6. The Morgan fingerprint density at radius 3 is 2.36 bits per heavy atom. The van der Waals surface area contributed by atoms with Gasteiger partial charge in [-0.05, 0) is 52.6 Å². The van der Waals surface area contributed by atoms with Crippen LogP contribution in [0.25, 0.3) is 0 Å². The molecule has 0 N–H and O–H groups in total. The van der Waals surface area contributed by atoms with Crippen LogP contribution in [0.2, 0.25) is 0 Å². The van der Waals surface area contributed by atoms with Gasteiger partial charge < -0.3 is 9.64 Å². The molecule has 25 heavy (non-hydrogen) atoms. The quantitative estimate of drug-likeness (QED) is 0.561. The molecule has 1 fully saturated rings. The van der Waals surface area contributed by atoms with Gasteiger partial charge in [-0.3, -0.25) is 9.69 Å². The smallest absolute Gasteiger partial charge is 0.288 e. The van der Waals surface area contributed by atoms with E-state index in [9.17, 15) is 4.79 Å². The molecule has 2 rings (SSSR count). The van der Waals surface area contributed by atoms with Crippen LogP contribution in [0.1, 0.15) is 39.7 Å². The molecule has 0 saturated carbocycles. The first-order valence-corrected chi connectivity index (χ1v) is 9.33. The van der Waals surface area contributed by atoms with Crippen molar-refractivity contribution < 1.29 is 9.53 Å². The Morgan fingerprint density at radius 1 is 1.20 bits per heavy atom. The average molecular weight is 344 g/mol. The summed E-state index contributed by atoms with van der Waals surface area (Å²) in [6, 6.07) is 10.9. The molecule has 0 radical (unpaired) electrons. The maximum Gasteiger partial charge on any atom is 0.288 e. The molecule has 1 aliphatic heterocycles. The molecule has 0 aromatic heterocycles. The normalized spacial score (nSPS) is 21.4. The number of benzene rings is 1. The van der Waals surface area contributed by atoms with Crippen LogP contribution in [0.3, 0.4) is 0 Å². The van der Waals surface area contributed by atoms with E-state index >= 15 is 0 Å². The molecule has 1 heterocycles. The number of carbonyl (C=O) groups excluding carboxylic acids is 1. The van der Waals surface area contributed by atoms with Gasteiger partial charge in [0.15, 0.2) is 5.76 Å². The van der Waals surface area contributed by atoms with Gasteiger partial charge in [-0.25, -0.2) is 0 Å². The zero-order valence-corrected chi connectivity index (χ0v) is 16.1. The number of hydrogen-bond donors (Lipinski definition) is 0. The molecule has 1 amide bonds. The highest BCUT2D eigenvalue weighted by Gasteiger charge is 2.34. The molecule has 1 aromatic carbocycles. The first kappa shape index (κ1) is 19.5. The predicted molar refractivity (Wildman–Crippen MR) is 102 cm³/mol. The van der Waals surface area contributed by atoms with Crippen LogP contribution in [-0.2, 0) is 16.0 Å². The van der Waals surface area contributed by atoms with Gasteiger partial charge in [-0.1, -0.05) is 36.9 Å². The lowest BCUT2D eigenvalue weighted by atomic mass is 10.1. The van der Waals surface area contributed by atoms with Crippen molar-refractivity contribution in [3.8, 4) is 0 Å². The fourth-order valence-electron chi connectivity index (χ4n) is 3.65. The van der Waals surface area contributed by atoms with Crippen LogP contribution < -0.4 is 0 Å². The number of rotatable bonds is 7. The van der Waals surface area contributed by atoms with Gasteiger partial charge in [-0.2, -0.15) is 0 Å². The highest BCUT2D eigenvalue weighted by molar-refractivity contribution is 5.91. The predicted octanol–water partition coefficient (Wildman–Crippen LogP) is 3.48. The molecule has 1 saturated heterocycles. The van der Waals surface area contributed by atoms with E-state index in [4.69, 9.17) is 4.74 Å². The van der Waals surface area contributed by atoms with E-state index in [-0.39, 0.29) is 29.9 Å². The lowest BCUT2D eigenvalue weighted by Gasteiger charge is -2.44. The highest BCUT2D eigenvalue weighted by Crippen LogP contribution is 2.19. The Bertz CT molecular complexity index is 559. The Hall–Kier alpha value is -1.81. The van der Waals surface area contributed by atoms with Crippen molar-refractivity contribution in [3.63, 3.8) is 0 Å². The van der Waals surface area contributed by atoms with E-state index in [0.29, 0.717) is 0 Å². The van der Waals surface area contributed by atoms with Gasteiger partial charge in [0, 0.05) is 25.2 Å². The van der Waals surface area contributed by atoms with E-state index in [1.54, 1.807) is 0 Å². The largest absolute Gasteiger partial charge is 0.486 e. The minimum Gasteiger partial charge on any atom is -0.486 e. The molecule has 0 spiro atoms. The van der Waals surface area contributed by atoms with Crippen molar-refractivity contribution in [3.05, 3.63) is 48.2 Å². The molecule has 138 valence electrons. The second-order valence-corrected chi connectivity index (χ2v) is 7.35. The summed E-state index contributed by atoms with van der Waals surface area (Å²) in [5.74, 6) is 0.184. The topological polar surface area (TPSA) is 32.8 Å². The molecule has 0 aliphatic carbocycles. The number of nitrogens with zero attached hydrogens (tertiary/aromatic N) is 2. The molecule has 1 aromatic rings. The second-order valence-electron chi connectivity index (χ2n) is 7.35. The van der Waals surface area contributed by atoms with Gasteiger partial charge in [0.25, 0.3) is 5.91 Å². The molecule has 4 heteroatoms. The van der Waals surface area contributed by atoms with E-state index in [0.717, 1.165) is 32.5 Å². The lowest BCUT2D eigenvalue weighted by Crippen LogP contribution is -2.59. The molecule has 1 aliphatic rings. The number of aryl methyl sites for hydroxylation is 1. The first-order chi connectivity index (χ1) is 11.9. The summed E-state index contributed by atoms with van der Waals surface area (Å²) in [7, 11) is 0. The lowest BCUT2D eigenvalue weighted by molar-refractivity contribution is -0.139. The SMILES string of the molecule is C=C(OC(C)C)C(=O)N1C(C)CN(CCCc2ccccc2)CC1C. The Balaban J connectivity index is 1.84. The van der Waals surface area contributed by atoms with Crippen molar-refractivity contribution in [1.29, 1.82) is 0 Å². The Morgan fingerprint density at radius 2 is 1.80 bits per heavy atom. The molecule has 2 atom stereocenters. The van der Waals surface area contributed by atoms with Gasteiger partial charge in [-0.15, -0.1) is 0 Å². The van der Waals surface area contributed by atoms with E-state index in [1.165, 1.54) is 5.56 Å². The summed E-state index contributed by atoms with van der Waals surface area (Å²) in [4.78, 5) is 17.0. The third-order valence-corrected chi connectivity index (χ3v) is 4.63. The van der Waals surface area contributed by atoms with E-state index in [1.807, 2.05) is 18.7 Å². The standard InChI is InChI=1S/C21H32N2O2/c1-16(2)25-19(5)21(24)23-17(3)14-22(15-18(23)4)13-9-12-20-10-7-6-8-11-20/h6-8,10-11,16-18H,5,9,12-15H2,1-4H3. The van der Waals surface area contributed by atoms with Crippen molar-refractivity contribution in [2.45, 2.75) is 58.7 Å². The van der Waals surface area contributed by atoms with Crippen LogP contribution >= 0.6 is 0 Å².